The first kappa shape index (κ1) is 13.1. The summed E-state index contributed by atoms with van der Waals surface area (Å²) in [6, 6.07) is 29.6. The van der Waals surface area contributed by atoms with E-state index < -0.39 is 0 Å². The summed E-state index contributed by atoms with van der Waals surface area (Å²) < 4.78 is 0. The molecule has 0 saturated heterocycles. The highest BCUT2D eigenvalue weighted by atomic mass is 14.5. The summed E-state index contributed by atoms with van der Waals surface area (Å²) in [7, 11) is 0. The van der Waals surface area contributed by atoms with Gasteiger partial charge in [-0.1, -0.05) is 72.8 Å². The lowest BCUT2D eigenvalue weighted by molar-refractivity contribution is 0.652. The monoisotopic (exact) mass is 328 g/mol. The fourth-order valence-electron chi connectivity index (χ4n) is 5.73. The summed E-state index contributed by atoms with van der Waals surface area (Å²) in [6.45, 7) is 0. The highest BCUT2D eigenvalue weighted by Gasteiger charge is 2.45. The summed E-state index contributed by atoms with van der Waals surface area (Å²) >= 11 is 0. The van der Waals surface area contributed by atoms with Gasteiger partial charge < -0.3 is 0 Å². The molecule has 26 heavy (non-hydrogen) atoms. The summed E-state index contributed by atoms with van der Waals surface area (Å²) in [5.41, 5.74) is 7.20. The predicted molar refractivity (Wildman–Crippen MR) is 106 cm³/mol. The lowest BCUT2D eigenvalue weighted by Crippen LogP contribution is -2.30. The van der Waals surface area contributed by atoms with Gasteiger partial charge in [0.2, 0.25) is 0 Å². The van der Waals surface area contributed by atoms with Crippen LogP contribution in [-0.2, 0) is 5.41 Å². The number of fused-ring (bicyclic) bond motifs is 6. The topological polar surface area (TPSA) is 0 Å². The quantitative estimate of drug-likeness (QED) is 0.365. The van der Waals surface area contributed by atoms with Crippen molar-refractivity contribution in [2.45, 2.75) is 11.8 Å². The molecule has 4 aliphatic rings. The third-order valence-electron chi connectivity index (χ3n) is 6.70. The summed E-state index contributed by atoms with van der Waals surface area (Å²) in [5.74, 6) is 0. The molecule has 0 saturated carbocycles. The van der Waals surface area contributed by atoms with Crippen LogP contribution in [0.1, 0.15) is 23.1 Å². The highest BCUT2D eigenvalue weighted by Crippen LogP contribution is 2.56. The normalized spacial score (nSPS) is 16.2. The first-order valence-corrected chi connectivity index (χ1v) is 9.35. The van der Waals surface area contributed by atoms with Gasteiger partial charge in [-0.2, -0.15) is 0 Å². The van der Waals surface area contributed by atoms with Crippen molar-refractivity contribution in [3.8, 4) is 11.1 Å². The van der Waals surface area contributed by atoms with Gasteiger partial charge in [0.1, 0.15) is 0 Å². The van der Waals surface area contributed by atoms with E-state index in [-0.39, 0.29) is 5.41 Å². The minimum absolute atomic E-state index is 0.0412. The Morgan fingerprint density at radius 3 is 1.96 bits per heavy atom. The van der Waals surface area contributed by atoms with E-state index in [1.807, 2.05) is 0 Å². The van der Waals surface area contributed by atoms with E-state index in [1.165, 1.54) is 54.2 Å². The molecule has 0 N–H and O–H groups in total. The predicted octanol–water partition coefficient (Wildman–Crippen LogP) is 5.22. The Hall–Kier alpha value is -3.12. The van der Waals surface area contributed by atoms with Gasteiger partial charge in [-0.3, -0.25) is 0 Å². The molecule has 7 rings (SSSR count). The van der Waals surface area contributed by atoms with Crippen molar-refractivity contribution >= 4 is 16.8 Å². The number of hydrogen-bond acceptors (Lipinski definition) is 0. The molecule has 0 heteroatoms. The van der Waals surface area contributed by atoms with Gasteiger partial charge in [-0.05, 0) is 72.8 Å². The molecule has 0 heterocycles. The maximum atomic E-state index is 2.47. The maximum absolute atomic E-state index is 2.47. The van der Waals surface area contributed by atoms with E-state index in [1.54, 1.807) is 0 Å². The van der Waals surface area contributed by atoms with Gasteiger partial charge in [0.05, 0.1) is 5.41 Å². The fraction of sp³-hybridized carbons (Fsp3) is 0.0769. The van der Waals surface area contributed by atoms with Gasteiger partial charge in [0.25, 0.3) is 0 Å². The van der Waals surface area contributed by atoms with Crippen molar-refractivity contribution in [2.75, 3.05) is 0 Å². The molecule has 0 fully saturated rings. The smallest absolute Gasteiger partial charge is 0.0504 e. The van der Waals surface area contributed by atoms with Crippen LogP contribution < -0.4 is 5.22 Å². The molecule has 1 spiro atoms. The molecular formula is C26H16. The van der Waals surface area contributed by atoms with Crippen molar-refractivity contribution in [1.29, 1.82) is 0 Å². The number of benzene rings is 3. The third-order valence-corrected chi connectivity index (χ3v) is 6.70. The second-order valence-electron chi connectivity index (χ2n) is 7.75. The Labute approximate surface area is 151 Å². The summed E-state index contributed by atoms with van der Waals surface area (Å²) in [5, 5.41) is 7.12. The Bertz CT molecular complexity index is 1410. The van der Waals surface area contributed by atoms with Crippen molar-refractivity contribution in [1.82, 2.24) is 0 Å². The van der Waals surface area contributed by atoms with E-state index in [9.17, 15) is 0 Å². The molecule has 0 amide bonds. The van der Waals surface area contributed by atoms with E-state index in [2.05, 4.69) is 84.9 Å². The SMILES string of the molecule is C1=c2cc3cccc4cc(c2=c43)C2(C1)c1ccccc1-c1ccccc12. The van der Waals surface area contributed by atoms with E-state index in [4.69, 9.17) is 0 Å². The molecule has 4 aliphatic carbocycles. The molecule has 0 unspecified atom stereocenters. The summed E-state index contributed by atoms with van der Waals surface area (Å²) in [4.78, 5) is 0. The molecule has 0 atom stereocenters. The maximum Gasteiger partial charge on any atom is 0.0504 e. The largest absolute Gasteiger partial charge is 0.0750 e. The van der Waals surface area contributed by atoms with E-state index in [0.29, 0.717) is 0 Å². The third kappa shape index (κ3) is 1.26. The van der Waals surface area contributed by atoms with Crippen LogP contribution in [0.25, 0.3) is 28.0 Å². The van der Waals surface area contributed by atoms with Crippen LogP contribution >= 0.6 is 0 Å². The first-order chi connectivity index (χ1) is 12.9. The molecular weight excluding hydrogens is 312 g/mol. The van der Waals surface area contributed by atoms with E-state index >= 15 is 0 Å². The molecule has 120 valence electrons. The van der Waals surface area contributed by atoms with Crippen LogP contribution in [0.5, 0.6) is 0 Å². The lowest BCUT2D eigenvalue weighted by atomic mass is 9.68. The summed E-state index contributed by atoms with van der Waals surface area (Å²) in [6.07, 6.45) is 3.51. The zero-order valence-corrected chi connectivity index (χ0v) is 14.3. The van der Waals surface area contributed by atoms with Gasteiger partial charge >= 0.3 is 0 Å². The van der Waals surface area contributed by atoms with Gasteiger partial charge in [-0.15, -0.1) is 0 Å². The average molecular weight is 328 g/mol. The second-order valence-corrected chi connectivity index (χ2v) is 7.75. The molecule has 0 aliphatic heterocycles. The molecule has 3 aromatic rings. The van der Waals surface area contributed by atoms with E-state index in [0.717, 1.165) is 6.42 Å². The molecule has 0 bridgehead atoms. The van der Waals surface area contributed by atoms with Crippen molar-refractivity contribution < 1.29 is 0 Å². The zero-order chi connectivity index (χ0) is 16.9. The minimum Gasteiger partial charge on any atom is -0.0750 e. The standard InChI is InChI=1S/C26H16/c1-3-10-21-19(8-1)20-9-2-4-11-22(20)26(21)13-12-18-14-16-6-5-7-17-15-23(26)25(18)24(16)17/h1-12,14-15H,13H2. The van der Waals surface area contributed by atoms with Gasteiger partial charge in [-0.25, -0.2) is 0 Å². The zero-order valence-electron chi connectivity index (χ0n) is 14.3. The molecule has 0 radical (unpaired) electrons. The second kappa shape index (κ2) is 4.16. The fourth-order valence-corrected chi connectivity index (χ4v) is 5.73. The van der Waals surface area contributed by atoms with Crippen LogP contribution in [0.3, 0.4) is 0 Å². The Morgan fingerprint density at radius 1 is 0.577 bits per heavy atom. The van der Waals surface area contributed by atoms with Crippen molar-refractivity contribution in [3.63, 3.8) is 0 Å². The van der Waals surface area contributed by atoms with Crippen molar-refractivity contribution in [2.24, 2.45) is 0 Å². The van der Waals surface area contributed by atoms with Gasteiger partial charge in [0, 0.05) is 0 Å². The first-order valence-electron chi connectivity index (χ1n) is 9.35. The molecule has 3 aromatic carbocycles. The van der Waals surface area contributed by atoms with Crippen LogP contribution in [0.15, 0.2) is 78.9 Å². The minimum atomic E-state index is -0.0412. The molecule has 0 aromatic heterocycles. The number of rotatable bonds is 0. The Morgan fingerprint density at radius 2 is 1.23 bits per heavy atom. The average Bonchev–Trinajstić information content (AvgIpc) is 3.35. The van der Waals surface area contributed by atoms with Gasteiger partial charge in [0.15, 0.2) is 0 Å². The highest BCUT2D eigenvalue weighted by molar-refractivity contribution is 5.87. The van der Waals surface area contributed by atoms with Crippen molar-refractivity contribution in [3.05, 3.63) is 111 Å². The Balaban J connectivity index is 1.74. The van der Waals surface area contributed by atoms with Crippen LogP contribution in [0.2, 0.25) is 0 Å². The molecule has 0 nitrogen and oxygen atoms in total. The Kier molecular flexibility index (Phi) is 2.10. The van der Waals surface area contributed by atoms with Crippen LogP contribution in [0.4, 0.5) is 0 Å². The lowest BCUT2D eigenvalue weighted by Gasteiger charge is -2.33. The number of hydrogen-bond donors (Lipinski definition) is 0. The van der Waals surface area contributed by atoms with Crippen LogP contribution in [-0.4, -0.2) is 0 Å². The van der Waals surface area contributed by atoms with Crippen LogP contribution in [0, 0.1) is 10.4 Å².